The van der Waals surface area contributed by atoms with Crippen LogP contribution in [0.15, 0.2) is 140 Å². The number of allylic oxidation sites excluding steroid dienone is 2. The Morgan fingerprint density at radius 2 is 0.936 bits per heavy atom. The molecule has 3 heteroatoms. The molecule has 0 bridgehead atoms. The number of aromatic nitrogens is 2. The maximum atomic E-state index is 4.95. The summed E-state index contributed by atoms with van der Waals surface area (Å²) in [6, 6.07) is 44.7. The molecular formula is C44H36N2Zr. The molecule has 0 N–H and O–H groups in total. The average molecular weight is 684 g/mol. The van der Waals surface area contributed by atoms with E-state index in [2.05, 4.69) is 135 Å². The zero-order valence-corrected chi connectivity index (χ0v) is 29.3. The van der Waals surface area contributed by atoms with Gasteiger partial charge in [-0.15, -0.1) is 0 Å². The van der Waals surface area contributed by atoms with Crippen LogP contribution in [0.2, 0.25) is 0 Å². The van der Waals surface area contributed by atoms with Gasteiger partial charge in [0.05, 0.1) is 0 Å². The average Bonchev–Trinajstić information content (AvgIpc) is 3.70. The van der Waals surface area contributed by atoms with Crippen LogP contribution in [0.1, 0.15) is 70.5 Å². The maximum absolute atomic E-state index is 4.95. The summed E-state index contributed by atoms with van der Waals surface area (Å²) in [5.74, 6) is 0.338. The van der Waals surface area contributed by atoms with E-state index in [-0.39, 0.29) is 11.8 Å². The van der Waals surface area contributed by atoms with Gasteiger partial charge in [0, 0.05) is 0 Å². The molecule has 2 nitrogen and oxygen atoms in total. The van der Waals surface area contributed by atoms with Crippen molar-refractivity contribution in [3.63, 3.8) is 0 Å². The third kappa shape index (κ3) is 5.62. The zero-order chi connectivity index (χ0) is 31.7. The van der Waals surface area contributed by atoms with Crippen molar-refractivity contribution < 1.29 is 23.2 Å². The molecule has 0 radical (unpaired) electrons. The van der Waals surface area contributed by atoms with Gasteiger partial charge in [-0.1, -0.05) is 0 Å². The summed E-state index contributed by atoms with van der Waals surface area (Å²) in [6.45, 7) is 4.43. The molecule has 4 aromatic carbocycles. The summed E-state index contributed by atoms with van der Waals surface area (Å²) in [4.78, 5) is 9.90. The molecule has 226 valence electrons. The van der Waals surface area contributed by atoms with E-state index >= 15 is 0 Å². The van der Waals surface area contributed by atoms with Gasteiger partial charge in [0.25, 0.3) is 0 Å². The minimum atomic E-state index is -1.31. The van der Waals surface area contributed by atoms with E-state index in [0.29, 0.717) is 0 Å². The van der Waals surface area contributed by atoms with Crippen molar-refractivity contribution in [2.24, 2.45) is 0 Å². The second-order valence-electron chi connectivity index (χ2n) is 12.4. The molecule has 2 aromatic heterocycles. The third-order valence-electron chi connectivity index (χ3n) is 9.73. The number of benzene rings is 4. The topological polar surface area (TPSA) is 25.8 Å². The Hall–Kier alpha value is -4.46. The molecule has 2 heterocycles. The van der Waals surface area contributed by atoms with Gasteiger partial charge in [-0.3, -0.25) is 0 Å². The molecule has 2 unspecified atom stereocenters. The standard InChI is InChI=1S/2C22H18N.Zr/c2*1-2-16-9-11-17(12-10-16)18-6-5-7-19-20(18)13-14-21(19)22-8-3-4-15-23-22;/h2*3-13,15,21H,2H2,1H3;. The molecule has 0 fully saturated rings. The summed E-state index contributed by atoms with van der Waals surface area (Å²) in [5, 5.41) is 0. The molecule has 6 aromatic rings. The second kappa shape index (κ2) is 13.0. The van der Waals surface area contributed by atoms with Gasteiger partial charge >= 0.3 is 291 Å². The number of nitrogens with zero attached hydrogens (tertiary/aromatic N) is 2. The number of pyridine rings is 2. The van der Waals surface area contributed by atoms with Crippen molar-refractivity contribution >= 4 is 12.2 Å². The van der Waals surface area contributed by atoms with Crippen molar-refractivity contribution in [2.75, 3.05) is 0 Å². The SMILES string of the molecule is CCc1ccc(-c2cccc3c2C=[C]([Zr][C]2=Cc4c(-c5ccc(CC)cc5)cccc4C2c2ccccn2)C3c2ccccn2)cc1. The fraction of sp³-hybridized carbons (Fsp3) is 0.136. The number of hydrogen-bond acceptors (Lipinski definition) is 2. The summed E-state index contributed by atoms with van der Waals surface area (Å²) < 4.78 is 3.10. The van der Waals surface area contributed by atoms with Crippen LogP contribution in [-0.4, -0.2) is 9.97 Å². The second-order valence-corrected chi connectivity index (χ2v) is 15.9. The molecule has 0 saturated heterocycles. The van der Waals surface area contributed by atoms with Crippen LogP contribution in [0, 0.1) is 0 Å². The first-order valence-corrected chi connectivity index (χ1v) is 19.1. The van der Waals surface area contributed by atoms with E-state index in [1.54, 1.807) is 6.56 Å². The number of rotatable bonds is 8. The van der Waals surface area contributed by atoms with Crippen molar-refractivity contribution in [2.45, 2.75) is 38.5 Å². The molecule has 2 aliphatic rings. The summed E-state index contributed by atoms with van der Waals surface area (Å²) in [6.07, 6.45) is 11.1. The molecule has 0 aliphatic heterocycles. The molecule has 0 amide bonds. The summed E-state index contributed by atoms with van der Waals surface area (Å²) in [5.41, 5.74) is 15.6. The molecule has 47 heavy (non-hydrogen) atoms. The van der Waals surface area contributed by atoms with Gasteiger partial charge in [0.2, 0.25) is 0 Å². The van der Waals surface area contributed by atoms with Crippen molar-refractivity contribution in [1.29, 1.82) is 0 Å². The van der Waals surface area contributed by atoms with Gasteiger partial charge in [-0.25, -0.2) is 0 Å². The Bertz CT molecular complexity index is 1960. The predicted octanol–water partition coefficient (Wildman–Crippen LogP) is 10.7. The Morgan fingerprint density at radius 1 is 0.489 bits per heavy atom. The first-order valence-electron chi connectivity index (χ1n) is 16.7. The van der Waals surface area contributed by atoms with E-state index in [9.17, 15) is 0 Å². The number of fused-ring (bicyclic) bond motifs is 2. The molecule has 2 atom stereocenters. The van der Waals surface area contributed by atoms with Crippen molar-refractivity contribution in [3.8, 4) is 22.3 Å². The van der Waals surface area contributed by atoms with Crippen LogP contribution in [0.4, 0.5) is 0 Å². The number of hydrogen-bond donors (Lipinski definition) is 0. The van der Waals surface area contributed by atoms with E-state index in [1.807, 2.05) is 24.5 Å². The Labute approximate surface area is 289 Å². The summed E-state index contributed by atoms with van der Waals surface area (Å²) in [7, 11) is 0. The van der Waals surface area contributed by atoms with Crippen molar-refractivity contribution in [1.82, 2.24) is 9.97 Å². The predicted molar refractivity (Wildman–Crippen MR) is 191 cm³/mol. The first-order chi connectivity index (χ1) is 23.2. The molecule has 8 rings (SSSR count). The van der Waals surface area contributed by atoms with Gasteiger partial charge in [0.1, 0.15) is 0 Å². The Balaban J connectivity index is 1.26. The van der Waals surface area contributed by atoms with Gasteiger partial charge in [0.15, 0.2) is 0 Å². The van der Waals surface area contributed by atoms with Crippen LogP contribution < -0.4 is 0 Å². The third-order valence-corrected chi connectivity index (χ3v) is 13.3. The molecule has 2 aliphatic carbocycles. The Morgan fingerprint density at radius 3 is 1.32 bits per heavy atom. The normalized spacial score (nSPS) is 16.3. The van der Waals surface area contributed by atoms with Crippen LogP contribution in [-0.2, 0) is 36.1 Å². The first kappa shape index (κ1) is 29.9. The fourth-order valence-corrected chi connectivity index (χ4v) is 11.3. The van der Waals surface area contributed by atoms with Crippen LogP contribution in [0.5, 0.6) is 0 Å². The van der Waals surface area contributed by atoms with Crippen molar-refractivity contribution in [3.05, 3.63) is 185 Å². The zero-order valence-electron chi connectivity index (χ0n) is 26.8. The van der Waals surface area contributed by atoms with Gasteiger partial charge in [-0.05, 0) is 0 Å². The van der Waals surface area contributed by atoms with Gasteiger partial charge < -0.3 is 0 Å². The van der Waals surface area contributed by atoms with E-state index in [0.717, 1.165) is 24.2 Å². The van der Waals surface area contributed by atoms with E-state index < -0.39 is 23.2 Å². The minimum absolute atomic E-state index is 0.169. The molecular weight excluding hydrogens is 648 g/mol. The summed E-state index contributed by atoms with van der Waals surface area (Å²) >= 11 is -1.31. The van der Waals surface area contributed by atoms with E-state index in [4.69, 9.17) is 9.97 Å². The van der Waals surface area contributed by atoms with Crippen LogP contribution in [0.25, 0.3) is 34.4 Å². The van der Waals surface area contributed by atoms with Crippen LogP contribution in [0.3, 0.4) is 0 Å². The monoisotopic (exact) mass is 682 g/mol. The quantitative estimate of drug-likeness (QED) is 0.160. The number of aryl methyl sites for hydroxylation is 2. The molecule has 0 saturated carbocycles. The molecule has 0 spiro atoms. The van der Waals surface area contributed by atoms with Gasteiger partial charge in [-0.2, -0.15) is 0 Å². The van der Waals surface area contributed by atoms with Crippen LogP contribution >= 0.6 is 0 Å². The van der Waals surface area contributed by atoms with E-state index in [1.165, 1.54) is 55.6 Å². The Kier molecular flexibility index (Phi) is 8.26. The fourth-order valence-electron chi connectivity index (χ4n) is 7.26.